The van der Waals surface area contributed by atoms with Gasteiger partial charge in [-0.3, -0.25) is 0 Å². The fraction of sp³-hybridized carbons (Fsp3) is 0.389. The molecule has 7 nitrogen and oxygen atoms in total. The number of hydrogen-bond donors (Lipinski definition) is 3. The summed E-state index contributed by atoms with van der Waals surface area (Å²) < 4.78 is 5.21. The first-order valence-corrected chi connectivity index (χ1v) is 9.88. The highest BCUT2D eigenvalue weighted by Crippen LogP contribution is 2.30. The van der Waals surface area contributed by atoms with Gasteiger partial charge in [-0.05, 0) is 30.5 Å². The first kappa shape index (κ1) is 19.3. The summed E-state index contributed by atoms with van der Waals surface area (Å²) >= 11 is 12.5. The average Bonchev–Trinajstić information content (AvgIpc) is 3.06. The van der Waals surface area contributed by atoms with E-state index in [4.69, 9.17) is 27.9 Å². The average molecular weight is 418 g/mol. The van der Waals surface area contributed by atoms with Crippen molar-refractivity contribution in [2.45, 2.75) is 38.3 Å². The summed E-state index contributed by atoms with van der Waals surface area (Å²) in [6, 6.07) is 5.92. The van der Waals surface area contributed by atoms with Gasteiger partial charge in [0.05, 0.1) is 24.8 Å². The van der Waals surface area contributed by atoms with Crippen LogP contribution >= 0.6 is 23.2 Å². The Morgan fingerprint density at radius 3 is 2.89 bits per heavy atom. The van der Waals surface area contributed by atoms with Crippen molar-refractivity contribution in [2.24, 2.45) is 5.92 Å². The smallest absolute Gasteiger partial charge is 0.423 e. The van der Waals surface area contributed by atoms with E-state index in [2.05, 4.69) is 26.7 Å². The van der Waals surface area contributed by atoms with Crippen LogP contribution in [0.25, 0.3) is 0 Å². The van der Waals surface area contributed by atoms with Crippen LogP contribution in [0.4, 0.5) is 17.5 Å². The Morgan fingerprint density at radius 2 is 2.07 bits per heavy atom. The van der Waals surface area contributed by atoms with Crippen LogP contribution in [0.1, 0.15) is 31.2 Å². The van der Waals surface area contributed by atoms with E-state index in [0.717, 1.165) is 31.2 Å². The summed E-state index contributed by atoms with van der Waals surface area (Å²) in [7, 11) is -0.997. The molecule has 28 heavy (non-hydrogen) atoms. The van der Waals surface area contributed by atoms with E-state index in [1.54, 1.807) is 6.07 Å². The lowest BCUT2D eigenvalue weighted by Crippen LogP contribution is -2.31. The maximum Gasteiger partial charge on any atom is 0.493 e. The van der Waals surface area contributed by atoms with E-state index in [0.29, 0.717) is 33.0 Å². The van der Waals surface area contributed by atoms with Crippen LogP contribution in [0.3, 0.4) is 0 Å². The zero-order valence-electron chi connectivity index (χ0n) is 15.0. The molecule has 2 unspecified atom stereocenters. The quantitative estimate of drug-likeness (QED) is 0.656. The molecule has 1 aliphatic heterocycles. The van der Waals surface area contributed by atoms with E-state index in [1.807, 2.05) is 6.07 Å². The van der Waals surface area contributed by atoms with E-state index < -0.39 is 7.12 Å². The van der Waals surface area contributed by atoms with E-state index in [1.165, 1.54) is 6.20 Å². The molecule has 0 bridgehead atoms. The highest BCUT2D eigenvalue weighted by Gasteiger charge is 2.30. The van der Waals surface area contributed by atoms with Crippen molar-refractivity contribution in [3.63, 3.8) is 0 Å². The standard InChI is InChI=1S/C18H18BCl2N5O2/c20-13-6-12(5-11-9-28-19(27)16(11)13)24-18-23-8-14(21)17(26-18)25-15-4-2-1-3-10(15)7-22/h5-6,8,10,15,27H,1-4,9H2,(H2,23,24,25,26). The first-order valence-electron chi connectivity index (χ1n) is 9.13. The molecule has 1 aliphatic carbocycles. The lowest BCUT2D eigenvalue weighted by Gasteiger charge is -2.28. The van der Waals surface area contributed by atoms with Crippen molar-refractivity contribution in [3.8, 4) is 6.07 Å². The number of fused-ring (bicyclic) bond motifs is 1. The number of nitriles is 1. The third-order valence-electron chi connectivity index (χ3n) is 5.11. The number of anilines is 3. The molecule has 3 N–H and O–H groups in total. The summed E-state index contributed by atoms with van der Waals surface area (Å²) in [5.74, 6) is 0.794. The van der Waals surface area contributed by atoms with Crippen molar-refractivity contribution >= 4 is 53.2 Å². The molecule has 2 aliphatic rings. The number of hydrogen-bond acceptors (Lipinski definition) is 7. The number of rotatable bonds is 4. The van der Waals surface area contributed by atoms with Crippen LogP contribution in [-0.2, 0) is 11.3 Å². The van der Waals surface area contributed by atoms with Gasteiger partial charge in [0.25, 0.3) is 0 Å². The predicted octanol–water partition coefficient (Wildman–Crippen LogP) is 3.24. The fourth-order valence-corrected chi connectivity index (χ4v) is 4.16. The van der Waals surface area contributed by atoms with Gasteiger partial charge in [0.2, 0.25) is 5.95 Å². The number of nitrogens with one attached hydrogen (secondary N) is 2. The zero-order chi connectivity index (χ0) is 19.7. The predicted molar refractivity (Wildman–Crippen MR) is 109 cm³/mol. The molecule has 2 aromatic rings. The van der Waals surface area contributed by atoms with Crippen LogP contribution in [0.5, 0.6) is 0 Å². The second kappa shape index (κ2) is 8.14. The van der Waals surface area contributed by atoms with E-state index in [9.17, 15) is 10.3 Å². The first-order chi connectivity index (χ1) is 13.5. The van der Waals surface area contributed by atoms with Crippen LogP contribution in [-0.4, -0.2) is 28.2 Å². The Kier molecular flexibility index (Phi) is 5.60. The Labute approximate surface area is 173 Å². The maximum atomic E-state index is 9.81. The van der Waals surface area contributed by atoms with Gasteiger partial charge in [0.1, 0.15) is 5.02 Å². The number of aromatic nitrogens is 2. The van der Waals surface area contributed by atoms with Crippen molar-refractivity contribution < 1.29 is 9.68 Å². The van der Waals surface area contributed by atoms with Crippen molar-refractivity contribution in [1.29, 1.82) is 5.26 Å². The molecular formula is C18H18BCl2N5O2. The van der Waals surface area contributed by atoms with Crippen molar-refractivity contribution in [2.75, 3.05) is 10.6 Å². The minimum Gasteiger partial charge on any atom is -0.423 e. The molecule has 2 atom stereocenters. The summed E-state index contributed by atoms with van der Waals surface area (Å²) in [6.45, 7) is 0.289. The second-order valence-electron chi connectivity index (χ2n) is 6.98. The second-order valence-corrected chi connectivity index (χ2v) is 7.79. The topological polar surface area (TPSA) is 103 Å². The molecule has 1 aromatic carbocycles. The molecule has 0 radical (unpaired) electrons. The SMILES string of the molecule is N#CC1CCCCC1Nc1nc(Nc2cc(Cl)c3c(c2)COB3O)ncc1Cl. The normalized spacial score (nSPS) is 21.1. The minimum atomic E-state index is -0.997. The Morgan fingerprint density at radius 1 is 1.25 bits per heavy atom. The lowest BCUT2D eigenvalue weighted by molar-refractivity contribution is 0.275. The van der Waals surface area contributed by atoms with E-state index >= 15 is 0 Å². The van der Waals surface area contributed by atoms with Crippen LogP contribution < -0.4 is 16.1 Å². The van der Waals surface area contributed by atoms with Gasteiger partial charge in [0, 0.05) is 22.2 Å². The molecule has 2 heterocycles. The molecule has 1 aromatic heterocycles. The molecule has 0 amide bonds. The summed E-state index contributed by atoms with van der Waals surface area (Å²) in [4.78, 5) is 8.69. The van der Waals surface area contributed by atoms with Crippen molar-refractivity contribution in [3.05, 3.63) is 33.9 Å². The third-order valence-corrected chi connectivity index (χ3v) is 5.70. The largest absolute Gasteiger partial charge is 0.493 e. The van der Waals surface area contributed by atoms with Gasteiger partial charge in [-0.25, -0.2) is 4.98 Å². The molecule has 10 heteroatoms. The highest BCUT2D eigenvalue weighted by molar-refractivity contribution is 6.65. The molecule has 0 saturated heterocycles. The van der Waals surface area contributed by atoms with Gasteiger partial charge in [-0.2, -0.15) is 10.2 Å². The summed E-state index contributed by atoms with van der Waals surface area (Å²) in [5.41, 5.74) is 2.09. The van der Waals surface area contributed by atoms with Gasteiger partial charge in [0.15, 0.2) is 5.82 Å². The Hall–Kier alpha value is -2.05. The van der Waals surface area contributed by atoms with E-state index in [-0.39, 0.29) is 18.6 Å². The monoisotopic (exact) mass is 417 g/mol. The molecule has 0 spiro atoms. The number of benzene rings is 1. The van der Waals surface area contributed by atoms with Gasteiger partial charge >= 0.3 is 7.12 Å². The highest BCUT2D eigenvalue weighted by atomic mass is 35.5. The maximum absolute atomic E-state index is 9.81. The summed E-state index contributed by atoms with van der Waals surface area (Å²) in [5, 5.41) is 26.4. The lowest BCUT2D eigenvalue weighted by atomic mass is 9.79. The number of halogens is 2. The van der Waals surface area contributed by atoms with Crippen LogP contribution in [0.2, 0.25) is 10.0 Å². The molecular weight excluding hydrogens is 400 g/mol. The van der Waals surface area contributed by atoms with Crippen LogP contribution in [0.15, 0.2) is 18.3 Å². The fourth-order valence-electron chi connectivity index (χ4n) is 3.69. The Bertz CT molecular complexity index is 939. The third kappa shape index (κ3) is 3.89. The molecule has 144 valence electrons. The summed E-state index contributed by atoms with van der Waals surface area (Å²) in [6.07, 6.45) is 5.45. The molecule has 1 fully saturated rings. The van der Waals surface area contributed by atoms with Gasteiger partial charge in [-0.1, -0.05) is 36.0 Å². The number of nitrogens with zero attached hydrogens (tertiary/aromatic N) is 3. The van der Waals surface area contributed by atoms with Crippen LogP contribution in [0, 0.1) is 17.2 Å². The van der Waals surface area contributed by atoms with Gasteiger partial charge in [-0.15, -0.1) is 0 Å². The zero-order valence-corrected chi connectivity index (χ0v) is 16.5. The molecule has 1 saturated carbocycles. The molecule has 4 rings (SSSR count). The minimum absolute atomic E-state index is 0.0204. The Balaban J connectivity index is 1.55. The van der Waals surface area contributed by atoms with Crippen molar-refractivity contribution in [1.82, 2.24) is 9.97 Å². The van der Waals surface area contributed by atoms with Gasteiger partial charge < -0.3 is 20.3 Å².